The Morgan fingerprint density at radius 2 is 2.23 bits per heavy atom. The van der Waals surface area contributed by atoms with Crippen molar-refractivity contribution < 1.29 is 0 Å². The van der Waals surface area contributed by atoms with Gasteiger partial charge in [0.05, 0.1) is 0 Å². The first-order chi connectivity index (χ1) is 6.27. The lowest BCUT2D eigenvalue weighted by molar-refractivity contribution is 0.214. The van der Waals surface area contributed by atoms with Crippen LogP contribution in [0.4, 0.5) is 0 Å². The first-order valence-electron chi connectivity index (χ1n) is 5.54. The minimum absolute atomic E-state index is 0.785. The molecule has 1 rings (SSSR count). The van der Waals surface area contributed by atoms with Crippen molar-refractivity contribution in [2.24, 2.45) is 0 Å². The zero-order valence-corrected chi connectivity index (χ0v) is 10.1. The maximum Gasteiger partial charge on any atom is 0.0172 e. The Kier molecular flexibility index (Phi) is 5.18. The molecule has 2 heteroatoms. The Morgan fingerprint density at radius 3 is 2.85 bits per heavy atom. The molecule has 0 radical (unpaired) electrons. The van der Waals surface area contributed by atoms with Crippen LogP contribution >= 0.6 is 11.8 Å². The number of hydrogen-bond donors (Lipinski definition) is 0. The highest BCUT2D eigenvalue weighted by molar-refractivity contribution is 7.99. The summed E-state index contributed by atoms with van der Waals surface area (Å²) in [4.78, 5) is 2.67. The number of hydrogen-bond acceptors (Lipinski definition) is 2. The molecule has 1 aliphatic rings. The molecule has 13 heavy (non-hydrogen) atoms. The molecular formula is C11H23NS. The van der Waals surface area contributed by atoms with E-state index in [2.05, 4.69) is 25.0 Å². The summed E-state index contributed by atoms with van der Waals surface area (Å²) >= 11 is 2.05. The molecule has 1 aliphatic heterocycles. The molecule has 0 bridgehead atoms. The Hall–Kier alpha value is 0.310. The SMILES string of the molecule is CCC(C)N1CCCCC(SC)C1. The summed E-state index contributed by atoms with van der Waals surface area (Å²) in [5, 5.41) is 0.886. The predicted molar refractivity (Wildman–Crippen MR) is 62.5 cm³/mol. The molecule has 0 aliphatic carbocycles. The second kappa shape index (κ2) is 5.92. The molecule has 78 valence electrons. The van der Waals surface area contributed by atoms with E-state index in [-0.39, 0.29) is 0 Å². The van der Waals surface area contributed by atoms with Crippen LogP contribution < -0.4 is 0 Å². The predicted octanol–water partition coefficient (Wildman–Crippen LogP) is 3.00. The molecule has 0 aromatic heterocycles. The zero-order chi connectivity index (χ0) is 9.68. The first-order valence-corrected chi connectivity index (χ1v) is 6.83. The van der Waals surface area contributed by atoms with Crippen LogP contribution in [0, 0.1) is 0 Å². The van der Waals surface area contributed by atoms with Gasteiger partial charge in [0.15, 0.2) is 0 Å². The molecule has 0 N–H and O–H groups in total. The lowest BCUT2D eigenvalue weighted by Gasteiger charge is -2.28. The van der Waals surface area contributed by atoms with Gasteiger partial charge in [0.1, 0.15) is 0 Å². The van der Waals surface area contributed by atoms with E-state index in [9.17, 15) is 0 Å². The van der Waals surface area contributed by atoms with E-state index >= 15 is 0 Å². The topological polar surface area (TPSA) is 3.24 Å². The van der Waals surface area contributed by atoms with E-state index in [1.807, 2.05) is 11.8 Å². The van der Waals surface area contributed by atoms with Crippen LogP contribution in [0.25, 0.3) is 0 Å². The van der Waals surface area contributed by atoms with E-state index in [1.54, 1.807) is 0 Å². The summed E-state index contributed by atoms with van der Waals surface area (Å²) in [6.45, 7) is 7.30. The van der Waals surface area contributed by atoms with Crippen molar-refractivity contribution >= 4 is 11.8 Å². The summed E-state index contributed by atoms with van der Waals surface area (Å²) < 4.78 is 0. The highest BCUT2D eigenvalue weighted by Gasteiger charge is 2.19. The average Bonchev–Trinajstić information content (AvgIpc) is 2.41. The van der Waals surface area contributed by atoms with Crippen LogP contribution in [0.3, 0.4) is 0 Å². The molecule has 0 spiro atoms. The van der Waals surface area contributed by atoms with Gasteiger partial charge in [-0.1, -0.05) is 13.3 Å². The fourth-order valence-electron chi connectivity index (χ4n) is 1.98. The smallest absolute Gasteiger partial charge is 0.0172 e. The molecule has 2 atom stereocenters. The Morgan fingerprint density at radius 1 is 1.46 bits per heavy atom. The summed E-state index contributed by atoms with van der Waals surface area (Å²) in [5.74, 6) is 0. The summed E-state index contributed by atoms with van der Waals surface area (Å²) in [6, 6.07) is 0.785. The van der Waals surface area contributed by atoms with Gasteiger partial charge in [0.2, 0.25) is 0 Å². The molecule has 0 aromatic rings. The number of likely N-dealkylation sites (tertiary alicyclic amines) is 1. The van der Waals surface area contributed by atoms with Gasteiger partial charge in [0.25, 0.3) is 0 Å². The van der Waals surface area contributed by atoms with Crippen molar-refractivity contribution in [2.45, 2.75) is 50.8 Å². The van der Waals surface area contributed by atoms with Crippen LogP contribution in [-0.4, -0.2) is 35.5 Å². The van der Waals surface area contributed by atoms with Gasteiger partial charge in [0, 0.05) is 17.8 Å². The van der Waals surface area contributed by atoms with Gasteiger partial charge < -0.3 is 0 Å². The minimum atomic E-state index is 0.785. The fourth-order valence-corrected chi connectivity index (χ4v) is 2.72. The largest absolute Gasteiger partial charge is 0.300 e. The van der Waals surface area contributed by atoms with Gasteiger partial charge >= 0.3 is 0 Å². The third-order valence-corrected chi connectivity index (χ3v) is 4.26. The summed E-state index contributed by atoms with van der Waals surface area (Å²) in [6.07, 6.45) is 7.81. The van der Waals surface area contributed by atoms with Crippen LogP contribution in [0.1, 0.15) is 39.5 Å². The van der Waals surface area contributed by atoms with Crippen molar-refractivity contribution in [3.8, 4) is 0 Å². The molecule has 1 saturated heterocycles. The second-order valence-electron chi connectivity index (χ2n) is 4.11. The Balaban J connectivity index is 2.43. The first kappa shape index (κ1) is 11.4. The standard InChI is InChI=1S/C11H23NS/c1-4-10(2)12-8-6-5-7-11(9-12)13-3/h10-11H,4-9H2,1-3H3. The number of nitrogens with zero attached hydrogens (tertiary/aromatic N) is 1. The maximum atomic E-state index is 2.67. The molecule has 0 aromatic carbocycles. The highest BCUT2D eigenvalue weighted by atomic mass is 32.2. The molecule has 1 fully saturated rings. The van der Waals surface area contributed by atoms with E-state index in [0.717, 1.165) is 11.3 Å². The monoisotopic (exact) mass is 201 g/mol. The summed E-state index contributed by atoms with van der Waals surface area (Å²) in [5.41, 5.74) is 0. The second-order valence-corrected chi connectivity index (χ2v) is 5.24. The fraction of sp³-hybridized carbons (Fsp3) is 1.00. The van der Waals surface area contributed by atoms with Crippen molar-refractivity contribution in [3.05, 3.63) is 0 Å². The molecule has 1 nitrogen and oxygen atoms in total. The third-order valence-electron chi connectivity index (χ3n) is 3.21. The van der Waals surface area contributed by atoms with Crippen LogP contribution in [0.15, 0.2) is 0 Å². The normalized spacial score (nSPS) is 28.4. The van der Waals surface area contributed by atoms with Crippen LogP contribution in [0.2, 0.25) is 0 Å². The van der Waals surface area contributed by atoms with Gasteiger partial charge in [-0.05, 0) is 39.0 Å². The lowest BCUT2D eigenvalue weighted by atomic mass is 10.2. The maximum absolute atomic E-state index is 2.67. The molecular weight excluding hydrogens is 178 g/mol. The molecule has 0 amide bonds. The molecule has 1 heterocycles. The van der Waals surface area contributed by atoms with E-state index in [1.165, 1.54) is 38.8 Å². The zero-order valence-electron chi connectivity index (χ0n) is 9.25. The van der Waals surface area contributed by atoms with Crippen LogP contribution in [-0.2, 0) is 0 Å². The lowest BCUT2D eigenvalue weighted by Crippen LogP contribution is -2.36. The van der Waals surface area contributed by atoms with Gasteiger partial charge in [-0.25, -0.2) is 0 Å². The Bertz CT molecular complexity index is 138. The number of rotatable bonds is 3. The molecule has 2 unspecified atom stereocenters. The van der Waals surface area contributed by atoms with Gasteiger partial charge in [-0.15, -0.1) is 0 Å². The van der Waals surface area contributed by atoms with E-state index in [0.29, 0.717) is 0 Å². The van der Waals surface area contributed by atoms with E-state index in [4.69, 9.17) is 0 Å². The minimum Gasteiger partial charge on any atom is -0.300 e. The Labute approximate surface area is 87.3 Å². The van der Waals surface area contributed by atoms with Crippen molar-refractivity contribution in [2.75, 3.05) is 19.3 Å². The quantitative estimate of drug-likeness (QED) is 0.690. The average molecular weight is 201 g/mol. The van der Waals surface area contributed by atoms with Crippen molar-refractivity contribution in [1.29, 1.82) is 0 Å². The highest BCUT2D eigenvalue weighted by Crippen LogP contribution is 2.21. The van der Waals surface area contributed by atoms with Crippen LogP contribution in [0.5, 0.6) is 0 Å². The molecule has 0 saturated carbocycles. The van der Waals surface area contributed by atoms with Gasteiger partial charge in [-0.2, -0.15) is 11.8 Å². The van der Waals surface area contributed by atoms with Crippen molar-refractivity contribution in [3.63, 3.8) is 0 Å². The third kappa shape index (κ3) is 3.51. The van der Waals surface area contributed by atoms with Crippen molar-refractivity contribution in [1.82, 2.24) is 4.90 Å². The summed E-state index contributed by atoms with van der Waals surface area (Å²) in [7, 11) is 0. The van der Waals surface area contributed by atoms with Gasteiger partial charge in [-0.3, -0.25) is 4.90 Å². The van der Waals surface area contributed by atoms with E-state index < -0.39 is 0 Å². The number of thioether (sulfide) groups is 1.